The lowest BCUT2D eigenvalue weighted by Gasteiger charge is -2.21. The van der Waals surface area contributed by atoms with Gasteiger partial charge in [-0.2, -0.15) is 0 Å². The summed E-state index contributed by atoms with van der Waals surface area (Å²) in [5.41, 5.74) is 6.67. The van der Waals surface area contributed by atoms with Gasteiger partial charge in [0.1, 0.15) is 0 Å². The van der Waals surface area contributed by atoms with Gasteiger partial charge in [0.05, 0.1) is 0 Å². The van der Waals surface area contributed by atoms with Crippen LogP contribution < -0.4 is 0 Å². The van der Waals surface area contributed by atoms with Crippen LogP contribution in [0.3, 0.4) is 0 Å². The quantitative estimate of drug-likeness (QED) is 0.686. The van der Waals surface area contributed by atoms with Crippen LogP contribution in [0.4, 0.5) is 0 Å². The molecule has 0 unspecified atom stereocenters. The zero-order chi connectivity index (χ0) is 11.9. The van der Waals surface area contributed by atoms with Gasteiger partial charge in [0.2, 0.25) is 0 Å². The van der Waals surface area contributed by atoms with Gasteiger partial charge >= 0.3 is 0 Å². The monoisotopic (exact) mass is 216 g/mol. The van der Waals surface area contributed by atoms with E-state index in [1.807, 2.05) is 0 Å². The second kappa shape index (κ2) is 3.91. The Bertz CT molecular complexity index is 397. The van der Waals surface area contributed by atoms with E-state index in [4.69, 9.17) is 0 Å². The van der Waals surface area contributed by atoms with Crippen molar-refractivity contribution in [1.29, 1.82) is 0 Å². The minimum atomic E-state index is 0.396. The second-order valence-corrected chi connectivity index (χ2v) is 6.42. The zero-order valence-corrected chi connectivity index (χ0v) is 11.4. The van der Waals surface area contributed by atoms with Crippen LogP contribution in [-0.4, -0.2) is 0 Å². The van der Waals surface area contributed by atoms with Crippen molar-refractivity contribution < 1.29 is 0 Å². The van der Waals surface area contributed by atoms with E-state index in [2.05, 4.69) is 46.8 Å². The zero-order valence-electron chi connectivity index (χ0n) is 11.4. The molecule has 2 rings (SSSR count). The molecule has 0 fully saturated rings. The van der Waals surface area contributed by atoms with Gasteiger partial charge in [0, 0.05) is 0 Å². The smallest absolute Gasteiger partial charge is 0.00975 e. The van der Waals surface area contributed by atoms with Crippen LogP contribution in [0.2, 0.25) is 0 Å². The Labute approximate surface area is 100 Å². The molecule has 0 atom stereocenters. The van der Waals surface area contributed by atoms with Crippen molar-refractivity contribution in [2.75, 3.05) is 0 Å². The van der Waals surface area contributed by atoms with E-state index >= 15 is 0 Å². The first-order valence-corrected chi connectivity index (χ1v) is 6.53. The Morgan fingerprint density at radius 1 is 1.25 bits per heavy atom. The summed E-state index contributed by atoms with van der Waals surface area (Å²) in [6.07, 6.45) is 3.80. The third-order valence-corrected chi connectivity index (χ3v) is 3.91. The molecule has 1 aromatic rings. The molecule has 0 heterocycles. The maximum atomic E-state index is 2.47. The average molecular weight is 216 g/mol. The molecule has 1 aliphatic carbocycles. The first-order chi connectivity index (χ1) is 7.40. The lowest BCUT2D eigenvalue weighted by Crippen LogP contribution is -2.12. The van der Waals surface area contributed by atoms with Gasteiger partial charge < -0.3 is 0 Å². The summed E-state index contributed by atoms with van der Waals surface area (Å²) in [4.78, 5) is 0. The summed E-state index contributed by atoms with van der Waals surface area (Å²) in [5, 5.41) is 0. The molecule has 0 spiro atoms. The molecule has 0 heteroatoms. The summed E-state index contributed by atoms with van der Waals surface area (Å²) in [6.45, 7) is 11.7. The van der Waals surface area contributed by atoms with E-state index in [-0.39, 0.29) is 0 Å². The molecule has 0 saturated heterocycles. The van der Waals surface area contributed by atoms with Gasteiger partial charge in [0.15, 0.2) is 0 Å². The molecule has 0 radical (unpaired) electrons. The number of hydrogen-bond donors (Lipinski definition) is 0. The molecule has 0 aromatic heterocycles. The van der Waals surface area contributed by atoms with Crippen LogP contribution in [0.25, 0.3) is 0 Å². The maximum Gasteiger partial charge on any atom is -0.00975 e. The van der Waals surface area contributed by atoms with Crippen molar-refractivity contribution in [2.45, 2.75) is 59.3 Å². The Balaban J connectivity index is 2.44. The standard InChI is InChI=1S/C16H24/c1-11(2)8-13-9-12(3)14-6-7-16(4,5)15(14)10-13/h9-11H,6-8H2,1-5H3. The summed E-state index contributed by atoms with van der Waals surface area (Å²) in [7, 11) is 0. The maximum absolute atomic E-state index is 2.47. The highest BCUT2D eigenvalue weighted by molar-refractivity contribution is 5.46. The average Bonchev–Trinajstić information content (AvgIpc) is 2.42. The first-order valence-electron chi connectivity index (χ1n) is 6.53. The van der Waals surface area contributed by atoms with E-state index in [1.54, 1.807) is 11.1 Å². The molecule has 0 saturated carbocycles. The highest BCUT2D eigenvalue weighted by Gasteiger charge is 2.30. The van der Waals surface area contributed by atoms with Gasteiger partial charge in [0.25, 0.3) is 0 Å². The van der Waals surface area contributed by atoms with Gasteiger partial charge in [-0.15, -0.1) is 0 Å². The highest BCUT2D eigenvalue weighted by Crippen LogP contribution is 2.40. The number of hydrogen-bond acceptors (Lipinski definition) is 0. The second-order valence-electron chi connectivity index (χ2n) is 6.42. The van der Waals surface area contributed by atoms with Crippen LogP contribution in [0.1, 0.15) is 56.4 Å². The Morgan fingerprint density at radius 2 is 1.94 bits per heavy atom. The molecular formula is C16H24. The molecule has 88 valence electrons. The fourth-order valence-corrected chi connectivity index (χ4v) is 2.99. The van der Waals surface area contributed by atoms with Crippen molar-refractivity contribution in [1.82, 2.24) is 0 Å². The van der Waals surface area contributed by atoms with Gasteiger partial charge in [-0.25, -0.2) is 0 Å². The fourth-order valence-electron chi connectivity index (χ4n) is 2.99. The predicted octanol–water partition coefficient (Wildman–Crippen LogP) is 4.42. The van der Waals surface area contributed by atoms with Crippen molar-refractivity contribution in [2.24, 2.45) is 5.92 Å². The van der Waals surface area contributed by atoms with Crippen molar-refractivity contribution in [3.63, 3.8) is 0 Å². The van der Waals surface area contributed by atoms with Gasteiger partial charge in [-0.05, 0) is 59.8 Å². The summed E-state index contributed by atoms with van der Waals surface area (Å²) in [5.74, 6) is 0.752. The minimum Gasteiger partial charge on any atom is -0.0625 e. The van der Waals surface area contributed by atoms with E-state index < -0.39 is 0 Å². The fraction of sp³-hybridized carbons (Fsp3) is 0.625. The highest BCUT2D eigenvalue weighted by atomic mass is 14.3. The molecule has 0 aliphatic heterocycles. The van der Waals surface area contributed by atoms with Crippen LogP contribution >= 0.6 is 0 Å². The van der Waals surface area contributed by atoms with Crippen LogP contribution in [0, 0.1) is 12.8 Å². The number of benzene rings is 1. The SMILES string of the molecule is Cc1cc(CC(C)C)cc2c1CCC2(C)C. The van der Waals surface area contributed by atoms with Gasteiger partial charge in [-0.1, -0.05) is 39.8 Å². The molecule has 0 bridgehead atoms. The van der Waals surface area contributed by atoms with Crippen LogP contribution in [-0.2, 0) is 18.3 Å². The molecule has 16 heavy (non-hydrogen) atoms. The predicted molar refractivity (Wildman–Crippen MR) is 71.1 cm³/mol. The topological polar surface area (TPSA) is 0 Å². The molecule has 0 nitrogen and oxygen atoms in total. The lowest BCUT2D eigenvalue weighted by molar-refractivity contribution is 0.521. The number of rotatable bonds is 2. The van der Waals surface area contributed by atoms with E-state index in [0.717, 1.165) is 5.92 Å². The molecular weight excluding hydrogens is 192 g/mol. The van der Waals surface area contributed by atoms with E-state index in [1.165, 1.54) is 30.4 Å². The summed E-state index contributed by atoms with van der Waals surface area (Å²) in [6, 6.07) is 4.87. The van der Waals surface area contributed by atoms with Crippen molar-refractivity contribution in [3.05, 3.63) is 34.4 Å². The summed E-state index contributed by atoms with van der Waals surface area (Å²) >= 11 is 0. The molecule has 0 N–H and O–H groups in total. The largest absolute Gasteiger partial charge is 0.0625 e. The third kappa shape index (κ3) is 2.03. The third-order valence-electron chi connectivity index (χ3n) is 3.91. The first kappa shape index (κ1) is 11.7. The minimum absolute atomic E-state index is 0.396. The Morgan fingerprint density at radius 3 is 2.56 bits per heavy atom. The Hall–Kier alpha value is -0.780. The van der Waals surface area contributed by atoms with Gasteiger partial charge in [-0.3, -0.25) is 0 Å². The number of aryl methyl sites for hydroxylation is 1. The van der Waals surface area contributed by atoms with E-state index in [0.29, 0.717) is 5.41 Å². The van der Waals surface area contributed by atoms with E-state index in [9.17, 15) is 0 Å². The van der Waals surface area contributed by atoms with Crippen molar-refractivity contribution in [3.8, 4) is 0 Å². The van der Waals surface area contributed by atoms with Crippen LogP contribution in [0.5, 0.6) is 0 Å². The lowest BCUT2D eigenvalue weighted by atomic mass is 9.84. The molecule has 1 aliphatic rings. The van der Waals surface area contributed by atoms with Crippen molar-refractivity contribution >= 4 is 0 Å². The molecule has 1 aromatic carbocycles. The molecule has 0 amide bonds. The van der Waals surface area contributed by atoms with Crippen LogP contribution in [0.15, 0.2) is 12.1 Å². The summed E-state index contributed by atoms with van der Waals surface area (Å²) < 4.78 is 0. The Kier molecular flexibility index (Phi) is 2.86. The normalized spacial score (nSPS) is 17.9. The number of fused-ring (bicyclic) bond motifs is 1.